The van der Waals surface area contributed by atoms with Crippen molar-refractivity contribution in [3.05, 3.63) is 52.7 Å². The van der Waals surface area contributed by atoms with Crippen molar-refractivity contribution in [1.29, 1.82) is 0 Å². The van der Waals surface area contributed by atoms with Crippen LogP contribution in [0.25, 0.3) is 0 Å². The normalized spacial score (nSPS) is 11.0. The molecular weight excluding hydrogens is 284 g/mol. The van der Waals surface area contributed by atoms with Crippen LogP contribution in [0.2, 0.25) is 0 Å². The zero-order chi connectivity index (χ0) is 14.8. The molecule has 0 amide bonds. The fraction of sp³-hybridized carbons (Fsp3) is 0. The van der Waals surface area contributed by atoms with E-state index in [0.717, 1.165) is 18.2 Å². The predicted octanol–water partition coefficient (Wildman–Crippen LogP) is 1.37. The maximum Gasteiger partial charge on any atom is 0.292 e. The molecule has 1 aromatic carbocycles. The summed E-state index contributed by atoms with van der Waals surface area (Å²) in [5.41, 5.74) is 4.89. The number of rotatable bonds is 4. The number of nitro groups is 1. The molecule has 2 aromatic rings. The number of pyridine rings is 1. The van der Waals surface area contributed by atoms with E-state index in [-0.39, 0.29) is 22.1 Å². The molecule has 0 saturated heterocycles. The van der Waals surface area contributed by atoms with Gasteiger partial charge >= 0.3 is 0 Å². The molecule has 0 fully saturated rings. The van der Waals surface area contributed by atoms with Gasteiger partial charge in [0.15, 0.2) is 0 Å². The van der Waals surface area contributed by atoms with Crippen LogP contribution in [0, 0.1) is 10.1 Å². The van der Waals surface area contributed by atoms with E-state index >= 15 is 0 Å². The van der Waals surface area contributed by atoms with E-state index in [2.05, 4.69) is 9.71 Å². The molecule has 0 aliphatic heterocycles. The Kier molecular flexibility index (Phi) is 3.53. The molecule has 2 rings (SSSR count). The number of nitrogen functional groups attached to an aromatic ring is 1. The highest BCUT2D eigenvalue weighted by Crippen LogP contribution is 2.25. The summed E-state index contributed by atoms with van der Waals surface area (Å²) < 4.78 is 26.4. The number of anilines is 2. The van der Waals surface area contributed by atoms with Crippen molar-refractivity contribution in [1.82, 2.24) is 4.98 Å². The zero-order valence-corrected chi connectivity index (χ0v) is 10.9. The van der Waals surface area contributed by atoms with Crippen LogP contribution in [0.3, 0.4) is 0 Å². The minimum Gasteiger partial charge on any atom is -0.393 e. The Balaban J connectivity index is 2.35. The molecule has 0 saturated carbocycles. The summed E-state index contributed by atoms with van der Waals surface area (Å²) in [6.07, 6.45) is 1.43. The smallest absolute Gasteiger partial charge is 0.292 e. The van der Waals surface area contributed by atoms with Gasteiger partial charge in [-0.25, -0.2) is 13.4 Å². The van der Waals surface area contributed by atoms with Gasteiger partial charge in [0.25, 0.3) is 15.7 Å². The van der Waals surface area contributed by atoms with E-state index in [0.29, 0.717) is 0 Å². The van der Waals surface area contributed by atoms with Gasteiger partial charge in [-0.3, -0.25) is 14.8 Å². The van der Waals surface area contributed by atoms with Crippen LogP contribution < -0.4 is 10.5 Å². The third kappa shape index (κ3) is 2.83. The van der Waals surface area contributed by atoms with Crippen molar-refractivity contribution in [2.45, 2.75) is 4.90 Å². The van der Waals surface area contributed by atoms with Crippen LogP contribution in [0.15, 0.2) is 47.5 Å². The topological polar surface area (TPSA) is 128 Å². The Morgan fingerprint density at radius 3 is 2.55 bits per heavy atom. The summed E-state index contributed by atoms with van der Waals surface area (Å²) in [6, 6.07) is 7.93. The molecule has 20 heavy (non-hydrogen) atoms. The molecule has 0 unspecified atom stereocenters. The Bertz CT molecular complexity index is 746. The molecule has 1 heterocycles. The van der Waals surface area contributed by atoms with Crippen LogP contribution in [0.4, 0.5) is 17.2 Å². The summed E-state index contributed by atoms with van der Waals surface area (Å²) in [5, 5.41) is 10.6. The highest BCUT2D eigenvalue weighted by molar-refractivity contribution is 7.92. The summed E-state index contributed by atoms with van der Waals surface area (Å²) >= 11 is 0. The first kappa shape index (κ1) is 13.7. The third-order valence-electron chi connectivity index (χ3n) is 2.41. The number of hydrogen-bond acceptors (Lipinski definition) is 6. The molecular formula is C11H10N4O4S. The zero-order valence-electron chi connectivity index (χ0n) is 10.1. The lowest BCUT2D eigenvalue weighted by atomic mass is 10.3. The monoisotopic (exact) mass is 294 g/mol. The van der Waals surface area contributed by atoms with E-state index in [1.54, 1.807) is 12.1 Å². The largest absolute Gasteiger partial charge is 0.393 e. The van der Waals surface area contributed by atoms with Gasteiger partial charge in [0, 0.05) is 12.3 Å². The van der Waals surface area contributed by atoms with Gasteiger partial charge in [-0.1, -0.05) is 6.07 Å². The SMILES string of the molecule is Nc1cc(S(=O)(=O)Nc2ccccn2)ccc1[N+](=O)[O-]. The first-order valence-electron chi connectivity index (χ1n) is 5.38. The molecule has 0 aliphatic rings. The number of hydrogen-bond donors (Lipinski definition) is 2. The van der Waals surface area contributed by atoms with Gasteiger partial charge in [-0.15, -0.1) is 0 Å². The fourth-order valence-electron chi connectivity index (χ4n) is 1.49. The van der Waals surface area contributed by atoms with Gasteiger partial charge in [0.2, 0.25) is 0 Å². The molecule has 0 atom stereocenters. The lowest BCUT2D eigenvalue weighted by Gasteiger charge is -2.07. The van der Waals surface area contributed by atoms with Gasteiger partial charge in [0.05, 0.1) is 9.82 Å². The summed E-state index contributed by atoms with van der Waals surface area (Å²) in [5.74, 6) is 0.143. The molecule has 0 bridgehead atoms. The predicted molar refractivity (Wildman–Crippen MR) is 72.6 cm³/mol. The second kappa shape index (κ2) is 5.13. The lowest BCUT2D eigenvalue weighted by molar-refractivity contribution is -0.383. The van der Waals surface area contributed by atoms with E-state index in [4.69, 9.17) is 5.73 Å². The van der Waals surface area contributed by atoms with E-state index < -0.39 is 14.9 Å². The Morgan fingerprint density at radius 2 is 2.00 bits per heavy atom. The maximum atomic E-state index is 12.1. The quantitative estimate of drug-likeness (QED) is 0.498. The Morgan fingerprint density at radius 1 is 1.25 bits per heavy atom. The minimum atomic E-state index is -3.89. The summed E-state index contributed by atoms with van der Waals surface area (Å²) in [6.45, 7) is 0. The number of nitrogens with zero attached hydrogens (tertiary/aromatic N) is 2. The average Bonchev–Trinajstić information content (AvgIpc) is 2.38. The Hall–Kier alpha value is -2.68. The number of nitrogens with two attached hydrogens (primary N) is 1. The van der Waals surface area contributed by atoms with Crippen LogP contribution in [0.5, 0.6) is 0 Å². The highest BCUT2D eigenvalue weighted by atomic mass is 32.2. The first-order chi connectivity index (χ1) is 9.40. The number of aromatic nitrogens is 1. The second-order valence-corrected chi connectivity index (χ2v) is 5.48. The van der Waals surface area contributed by atoms with Gasteiger partial charge in [0.1, 0.15) is 11.5 Å². The van der Waals surface area contributed by atoms with Gasteiger partial charge in [-0.05, 0) is 24.3 Å². The third-order valence-corrected chi connectivity index (χ3v) is 3.76. The molecule has 0 radical (unpaired) electrons. The molecule has 9 heteroatoms. The maximum absolute atomic E-state index is 12.1. The van der Waals surface area contributed by atoms with Crippen LogP contribution >= 0.6 is 0 Å². The van der Waals surface area contributed by atoms with Crippen molar-refractivity contribution in [2.75, 3.05) is 10.5 Å². The highest BCUT2D eigenvalue weighted by Gasteiger charge is 2.19. The lowest BCUT2D eigenvalue weighted by Crippen LogP contribution is -2.14. The number of sulfonamides is 1. The molecule has 1 aromatic heterocycles. The number of benzene rings is 1. The fourth-order valence-corrected chi connectivity index (χ4v) is 2.53. The van der Waals surface area contributed by atoms with E-state index in [9.17, 15) is 18.5 Å². The van der Waals surface area contributed by atoms with Crippen molar-refractivity contribution >= 4 is 27.2 Å². The van der Waals surface area contributed by atoms with E-state index in [1.165, 1.54) is 12.3 Å². The van der Waals surface area contributed by atoms with Crippen LogP contribution in [-0.2, 0) is 10.0 Å². The van der Waals surface area contributed by atoms with Crippen LogP contribution in [0.1, 0.15) is 0 Å². The first-order valence-corrected chi connectivity index (χ1v) is 6.86. The van der Waals surface area contributed by atoms with Crippen molar-refractivity contribution < 1.29 is 13.3 Å². The van der Waals surface area contributed by atoms with E-state index in [1.807, 2.05) is 0 Å². The van der Waals surface area contributed by atoms with Crippen molar-refractivity contribution in [3.63, 3.8) is 0 Å². The summed E-state index contributed by atoms with van der Waals surface area (Å²) in [4.78, 5) is 13.6. The van der Waals surface area contributed by atoms with Crippen molar-refractivity contribution in [2.24, 2.45) is 0 Å². The molecule has 104 valence electrons. The summed E-state index contributed by atoms with van der Waals surface area (Å²) in [7, 11) is -3.89. The number of nitrogens with one attached hydrogen (secondary N) is 1. The van der Waals surface area contributed by atoms with Crippen molar-refractivity contribution in [3.8, 4) is 0 Å². The standard InChI is InChI=1S/C11H10N4O4S/c12-9-7-8(4-5-10(9)15(16)17)20(18,19)14-11-3-1-2-6-13-11/h1-7H,12H2,(H,13,14). The van der Waals surface area contributed by atoms with Gasteiger partial charge < -0.3 is 5.73 Å². The second-order valence-electron chi connectivity index (χ2n) is 3.80. The molecule has 0 spiro atoms. The Labute approximate surface area is 114 Å². The molecule has 8 nitrogen and oxygen atoms in total. The van der Waals surface area contributed by atoms with Gasteiger partial charge in [-0.2, -0.15) is 0 Å². The van der Waals surface area contributed by atoms with Crippen LogP contribution in [-0.4, -0.2) is 18.3 Å². The minimum absolute atomic E-state index is 0.143. The average molecular weight is 294 g/mol. The number of nitro benzene ring substituents is 1. The molecule has 0 aliphatic carbocycles. The molecule has 3 N–H and O–H groups in total.